The molecule has 2 amide bonds. The van der Waals surface area contributed by atoms with Crippen LogP contribution in [0.15, 0.2) is 114 Å². The third kappa shape index (κ3) is 7.49. The van der Waals surface area contributed by atoms with Crippen molar-refractivity contribution >= 4 is 64.2 Å². The lowest BCUT2D eigenvalue weighted by Crippen LogP contribution is -2.19. The van der Waals surface area contributed by atoms with Gasteiger partial charge in [0.2, 0.25) is 11.8 Å². The van der Waals surface area contributed by atoms with Crippen LogP contribution < -0.4 is 10.6 Å². The maximum Gasteiger partial charge on any atom is 0.248 e. The van der Waals surface area contributed by atoms with Gasteiger partial charge in [-0.25, -0.2) is 0 Å². The van der Waals surface area contributed by atoms with Crippen LogP contribution in [0.3, 0.4) is 0 Å². The van der Waals surface area contributed by atoms with Crippen molar-refractivity contribution in [3.63, 3.8) is 0 Å². The number of halogens is 2. The number of carbonyl (C=O) groups excluding carboxylic acids is 2. The highest BCUT2D eigenvalue weighted by molar-refractivity contribution is 8.00. The van der Waals surface area contributed by atoms with Crippen molar-refractivity contribution in [2.24, 2.45) is 0 Å². The Morgan fingerprint density at radius 3 is 2.08 bits per heavy atom. The topological polar surface area (TPSA) is 58.2 Å². The van der Waals surface area contributed by atoms with Crippen LogP contribution in [0.4, 0.5) is 11.4 Å². The van der Waals surface area contributed by atoms with E-state index >= 15 is 0 Å². The zero-order chi connectivity index (χ0) is 25.3. The van der Waals surface area contributed by atoms with E-state index in [0.29, 0.717) is 21.4 Å². The lowest BCUT2D eigenvalue weighted by Gasteiger charge is -2.18. The molecule has 0 aliphatic rings. The van der Waals surface area contributed by atoms with Crippen LogP contribution in [-0.2, 0) is 9.59 Å². The fourth-order valence-electron chi connectivity index (χ4n) is 3.44. The van der Waals surface area contributed by atoms with Gasteiger partial charge in [-0.1, -0.05) is 89.9 Å². The maximum absolute atomic E-state index is 13.3. The maximum atomic E-state index is 13.3. The molecule has 0 spiro atoms. The second-order valence-electron chi connectivity index (χ2n) is 7.82. The van der Waals surface area contributed by atoms with Crippen molar-refractivity contribution in [3.8, 4) is 0 Å². The summed E-state index contributed by atoms with van der Waals surface area (Å²) in [6.07, 6.45) is 3.25. The van der Waals surface area contributed by atoms with Gasteiger partial charge in [0, 0.05) is 32.4 Å². The van der Waals surface area contributed by atoms with Gasteiger partial charge in [-0.3, -0.25) is 9.59 Å². The van der Waals surface area contributed by atoms with Gasteiger partial charge in [0.25, 0.3) is 0 Å². The lowest BCUT2D eigenvalue weighted by molar-refractivity contribution is -0.116. The average molecular weight is 533 g/mol. The number of hydrogen-bond acceptors (Lipinski definition) is 3. The van der Waals surface area contributed by atoms with Gasteiger partial charge in [0.1, 0.15) is 5.25 Å². The molecule has 2 N–H and O–H groups in total. The number of amides is 2. The minimum atomic E-state index is -0.548. The summed E-state index contributed by atoms with van der Waals surface area (Å²) < 4.78 is 0. The molecule has 0 saturated carbocycles. The first-order valence-corrected chi connectivity index (χ1v) is 12.7. The number of anilines is 2. The molecule has 1 unspecified atom stereocenters. The molecule has 1 atom stereocenters. The molecule has 0 saturated heterocycles. The Morgan fingerprint density at radius 2 is 1.39 bits per heavy atom. The van der Waals surface area contributed by atoms with E-state index in [9.17, 15) is 9.59 Å². The van der Waals surface area contributed by atoms with Crippen LogP contribution >= 0.6 is 35.0 Å². The van der Waals surface area contributed by atoms with Gasteiger partial charge in [-0.05, 0) is 53.6 Å². The molecule has 4 aromatic rings. The Morgan fingerprint density at radius 1 is 0.722 bits per heavy atom. The molecule has 36 heavy (non-hydrogen) atoms. The molecule has 0 aliphatic carbocycles. The molecule has 4 nitrogen and oxygen atoms in total. The largest absolute Gasteiger partial charge is 0.325 e. The van der Waals surface area contributed by atoms with E-state index in [1.54, 1.807) is 24.3 Å². The van der Waals surface area contributed by atoms with Crippen molar-refractivity contribution in [2.75, 3.05) is 10.6 Å². The Labute approximate surface area is 224 Å². The van der Waals surface area contributed by atoms with Crippen LogP contribution in [0.25, 0.3) is 6.08 Å². The third-order valence-corrected chi connectivity index (χ3v) is 6.74. The van der Waals surface area contributed by atoms with Gasteiger partial charge in [-0.2, -0.15) is 0 Å². The Hall–Kier alpha value is -3.51. The lowest BCUT2D eigenvalue weighted by atomic mass is 10.1. The number of rotatable bonds is 8. The molecule has 0 aromatic heterocycles. The molecule has 180 valence electrons. The molecule has 0 radical (unpaired) electrons. The van der Waals surface area contributed by atoms with Crippen molar-refractivity contribution in [3.05, 3.63) is 130 Å². The second kappa shape index (κ2) is 12.5. The first-order valence-electron chi connectivity index (χ1n) is 11.1. The van der Waals surface area contributed by atoms with Crippen molar-refractivity contribution < 1.29 is 9.59 Å². The summed E-state index contributed by atoms with van der Waals surface area (Å²) in [6, 6.07) is 31.4. The van der Waals surface area contributed by atoms with Crippen LogP contribution in [0.5, 0.6) is 0 Å². The van der Waals surface area contributed by atoms with Gasteiger partial charge in [-0.15, -0.1) is 11.8 Å². The highest BCUT2D eigenvalue weighted by atomic mass is 35.5. The van der Waals surface area contributed by atoms with Crippen molar-refractivity contribution in [1.82, 2.24) is 0 Å². The summed E-state index contributed by atoms with van der Waals surface area (Å²) in [6.45, 7) is 0. The molecule has 0 fully saturated rings. The Kier molecular flexibility index (Phi) is 8.85. The standard InChI is InChI=1S/C29H22Cl2N2O2S/c30-22-16-23(31)18-25(17-22)33-29(35)28(21-10-5-2-6-11-21)36-26-13-7-12-24(19-26)32-27(34)15-14-20-8-3-1-4-9-20/h1-19,28H,(H,32,34)(H,33,35)/b15-14+. The number of nitrogens with one attached hydrogen (secondary N) is 2. The van der Waals surface area contributed by atoms with E-state index in [-0.39, 0.29) is 11.8 Å². The van der Waals surface area contributed by atoms with Crippen molar-refractivity contribution in [1.29, 1.82) is 0 Å². The normalized spacial score (nSPS) is 11.7. The van der Waals surface area contributed by atoms with E-state index in [1.807, 2.05) is 84.9 Å². The van der Waals surface area contributed by atoms with Crippen LogP contribution in [-0.4, -0.2) is 11.8 Å². The van der Waals surface area contributed by atoms with Crippen molar-refractivity contribution in [2.45, 2.75) is 10.1 Å². The number of hydrogen-bond donors (Lipinski definition) is 2. The summed E-state index contributed by atoms with van der Waals surface area (Å²) in [4.78, 5) is 26.6. The molecular formula is C29H22Cl2N2O2S. The van der Waals surface area contributed by atoms with Gasteiger partial charge in [0.15, 0.2) is 0 Å². The quantitative estimate of drug-likeness (QED) is 0.178. The summed E-state index contributed by atoms with van der Waals surface area (Å²) in [7, 11) is 0. The minimum absolute atomic E-state index is 0.218. The molecule has 4 aromatic carbocycles. The fourth-order valence-corrected chi connectivity index (χ4v) is 5.05. The summed E-state index contributed by atoms with van der Waals surface area (Å²) in [5.41, 5.74) is 2.94. The molecule has 0 heterocycles. The fraction of sp³-hybridized carbons (Fsp3) is 0.0345. The second-order valence-corrected chi connectivity index (χ2v) is 9.87. The Bertz CT molecular complexity index is 1360. The number of thioether (sulfide) groups is 1. The average Bonchev–Trinajstić information content (AvgIpc) is 2.87. The van der Waals surface area contributed by atoms with E-state index in [1.165, 1.54) is 17.8 Å². The van der Waals surface area contributed by atoms with Crippen LogP contribution in [0.1, 0.15) is 16.4 Å². The summed E-state index contributed by atoms with van der Waals surface area (Å²) in [5, 5.41) is 6.12. The van der Waals surface area contributed by atoms with Gasteiger partial charge >= 0.3 is 0 Å². The molecule has 4 rings (SSSR count). The molecule has 7 heteroatoms. The Balaban J connectivity index is 1.50. The van der Waals surface area contributed by atoms with E-state index < -0.39 is 5.25 Å². The number of benzene rings is 4. The SMILES string of the molecule is O=C(/C=C/c1ccccc1)Nc1cccc(SC(C(=O)Nc2cc(Cl)cc(Cl)c2)c2ccccc2)c1. The summed E-state index contributed by atoms with van der Waals surface area (Å²) >= 11 is 13.6. The molecule has 0 bridgehead atoms. The highest BCUT2D eigenvalue weighted by Crippen LogP contribution is 2.37. The van der Waals surface area contributed by atoms with E-state index in [4.69, 9.17) is 23.2 Å². The number of carbonyl (C=O) groups is 2. The zero-order valence-electron chi connectivity index (χ0n) is 19.0. The predicted molar refractivity (Wildman–Crippen MR) is 151 cm³/mol. The monoisotopic (exact) mass is 532 g/mol. The van der Waals surface area contributed by atoms with E-state index in [0.717, 1.165) is 16.0 Å². The van der Waals surface area contributed by atoms with Crippen LogP contribution in [0.2, 0.25) is 10.0 Å². The molecular weight excluding hydrogens is 511 g/mol. The highest BCUT2D eigenvalue weighted by Gasteiger charge is 2.22. The minimum Gasteiger partial charge on any atom is -0.325 e. The predicted octanol–water partition coefficient (Wildman–Crippen LogP) is 8.12. The molecule has 0 aliphatic heterocycles. The zero-order valence-corrected chi connectivity index (χ0v) is 21.4. The first-order chi connectivity index (χ1) is 17.5. The van der Waals surface area contributed by atoms with Gasteiger partial charge in [0.05, 0.1) is 0 Å². The van der Waals surface area contributed by atoms with Gasteiger partial charge < -0.3 is 10.6 Å². The summed E-state index contributed by atoms with van der Waals surface area (Å²) in [5.74, 6) is -0.457. The first kappa shape index (κ1) is 25.6. The van der Waals surface area contributed by atoms with E-state index in [2.05, 4.69) is 10.6 Å². The third-order valence-electron chi connectivity index (χ3n) is 5.05. The van der Waals surface area contributed by atoms with Crippen LogP contribution in [0, 0.1) is 0 Å². The smallest absolute Gasteiger partial charge is 0.248 e.